The van der Waals surface area contributed by atoms with Crippen molar-refractivity contribution in [3.05, 3.63) is 114 Å². The zero-order valence-electron chi connectivity index (χ0n) is 18.8. The number of benzene rings is 3. The molecule has 0 unspecified atom stereocenters. The van der Waals surface area contributed by atoms with E-state index < -0.39 is 18.5 Å². The first-order valence-electron chi connectivity index (χ1n) is 10.9. The fraction of sp³-hybridized carbons (Fsp3) is 0.0714. The summed E-state index contributed by atoms with van der Waals surface area (Å²) in [5, 5.41) is 16.4. The number of esters is 1. The monoisotopic (exact) mass is 462 g/mol. The number of hydrogen-bond acceptors (Lipinski definition) is 5. The normalized spacial score (nSPS) is 10.6. The van der Waals surface area contributed by atoms with Gasteiger partial charge in [-0.1, -0.05) is 72.8 Å². The molecule has 0 saturated heterocycles. The number of nitriles is 1. The predicted octanol–water partition coefficient (Wildman–Crippen LogP) is 4.67. The Hall–Kier alpha value is -4.96. The summed E-state index contributed by atoms with van der Waals surface area (Å²) in [6.45, 7) is 0.116. The van der Waals surface area contributed by atoms with E-state index in [1.165, 1.54) is 6.08 Å². The lowest BCUT2D eigenvalue weighted by atomic mass is 10.1. The van der Waals surface area contributed by atoms with Gasteiger partial charge in [-0.05, 0) is 23.8 Å². The van der Waals surface area contributed by atoms with E-state index in [4.69, 9.17) is 15.1 Å². The molecule has 1 heterocycles. The first-order chi connectivity index (χ1) is 17.1. The number of rotatable bonds is 8. The molecule has 0 fully saturated rings. The Morgan fingerprint density at radius 2 is 1.66 bits per heavy atom. The molecule has 7 nitrogen and oxygen atoms in total. The highest BCUT2D eigenvalue weighted by molar-refractivity contribution is 5.95. The van der Waals surface area contributed by atoms with Crippen molar-refractivity contribution < 1.29 is 14.3 Å². The SMILES string of the molecule is N#Cc1ccccc1NC(=O)COC(=O)/C=C/c1cn(Cc2ccccc2)nc1-c1ccccc1. The maximum Gasteiger partial charge on any atom is 0.331 e. The Morgan fingerprint density at radius 1 is 0.971 bits per heavy atom. The average Bonchev–Trinajstić information content (AvgIpc) is 3.30. The van der Waals surface area contributed by atoms with Crippen LogP contribution in [-0.2, 0) is 20.9 Å². The molecule has 0 aliphatic rings. The molecular formula is C28H22N4O3. The zero-order valence-corrected chi connectivity index (χ0v) is 18.8. The molecule has 0 bridgehead atoms. The summed E-state index contributed by atoms with van der Waals surface area (Å²) in [5.74, 6) is -1.20. The van der Waals surface area contributed by atoms with Crippen molar-refractivity contribution in [1.29, 1.82) is 5.26 Å². The maximum atomic E-state index is 12.3. The van der Waals surface area contributed by atoms with Crippen molar-refractivity contribution in [3.63, 3.8) is 0 Å². The van der Waals surface area contributed by atoms with Gasteiger partial charge in [0.25, 0.3) is 5.91 Å². The number of carbonyl (C=O) groups excluding carboxylic acids is 2. The molecule has 1 amide bonds. The summed E-state index contributed by atoms with van der Waals surface area (Å²) in [7, 11) is 0. The number of hydrogen-bond donors (Lipinski definition) is 1. The van der Waals surface area contributed by atoms with Gasteiger partial charge in [0.2, 0.25) is 0 Å². The second kappa shape index (κ2) is 11.3. The summed E-state index contributed by atoms with van der Waals surface area (Å²) in [4.78, 5) is 24.4. The quantitative estimate of drug-likeness (QED) is 0.303. The Bertz CT molecular complexity index is 1390. The number of nitrogens with zero attached hydrogens (tertiary/aromatic N) is 3. The van der Waals surface area contributed by atoms with Gasteiger partial charge in [0.05, 0.1) is 23.5 Å². The summed E-state index contributed by atoms with van der Waals surface area (Å²) in [6.07, 6.45) is 4.76. The van der Waals surface area contributed by atoms with E-state index in [1.54, 1.807) is 30.3 Å². The summed E-state index contributed by atoms with van der Waals surface area (Å²) < 4.78 is 6.89. The van der Waals surface area contributed by atoms with Gasteiger partial charge in [-0.15, -0.1) is 0 Å². The molecule has 0 aliphatic carbocycles. The first kappa shape index (κ1) is 23.2. The minimum absolute atomic E-state index is 0.327. The maximum absolute atomic E-state index is 12.3. The molecule has 0 radical (unpaired) electrons. The van der Waals surface area contributed by atoms with Gasteiger partial charge in [-0.25, -0.2) is 4.79 Å². The second-order valence-electron chi connectivity index (χ2n) is 7.63. The fourth-order valence-corrected chi connectivity index (χ4v) is 3.45. The van der Waals surface area contributed by atoms with Crippen LogP contribution in [0, 0.1) is 11.3 Å². The van der Waals surface area contributed by atoms with E-state index in [0.29, 0.717) is 17.8 Å². The number of amides is 1. The molecule has 1 aromatic heterocycles. The van der Waals surface area contributed by atoms with Crippen LogP contribution in [0.3, 0.4) is 0 Å². The summed E-state index contributed by atoms with van der Waals surface area (Å²) >= 11 is 0. The second-order valence-corrected chi connectivity index (χ2v) is 7.63. The van der Waals surface area contributed by atoms with Crippen molar-refractivity contribution in [2.75, 3.05) is 11.9 Å². The van der Waals surface area contributed by atoms with E-state index in [9.17, 15) is 9.59 Å². The minimum Gasteiger partial charge on any atom is -0.452 e. The number of carbonyl (C=O) groups is 2. The fourth-order valence-electron chi connectivity index (χ4n) is 3.45. The number of ether oxygens (including phenoxy) is 1. The zero-order chi connectivity index (χ0) is 24.5. The summed E-state index contributed by atoms with van der Waals surface area (Å²) in [6, 6.07) is 28.2. The van der Waals surface area contributed by atoms with Crippen molar-refractivity contribution in [2.24, 2.45) is 0 Å². The Labute approximate surface area is 202 Å². The van der Waals surface area contributed by atoms with Gasteiger partial charge in [0.15, 0.2) is 6.61 Å². The van der Waals surface area contributed by atoms with Crippen molar-refractivity contribution in [1.82, 2.24) is 9.78 Å². The van der Waals surface area contributed by atoms with Gasteiger partial charge in [0.1, 0.15) is 6.07 Å². The van der Waals surface area contributed by atoms with Gasteiger partial charge in [-0.3, -0.25) is 9.48 Å². The van der Waals surface area contributed by atoms with Crippen LogP contribution >= 0.6 is 0 Å². The largest absolute Gasteiger partial charge is 0.452 e. The topological polar surface area (TPSA) is 97.0 Å². The Morgan fingerprint density at radius 3 is 2.40 bits per heavy atom. The van der Waals surface area contributed by atoms with Crippen molar-refractivity contribution in [3.8, 4) is 17.3 Å². The molecular weight excluding hydrogens is 440 g/mol. The van der Waals surface area contributed by atoms with E-state index in [-0.39, 0.29) is 0 Å². The lowest BCUT2D eigenvalue weighted by Crippen LogP contribution is -2.20. The lowest BCUT2D eigenvalue weighted by molar-refractivity contribution is -0.142. The number of anilines is 1. The first-order valence-corrected chi connectivity index (χ1v) is 10.9. The molecule has 7 heteroatoms. The van der Waals surface area contributed by atoms with E-state index in [0.717, 1.165) is 22.4 Å². The molecule has 3 aromatic carbocycles. The average molecular weight is 463 g/mol. The molecule has 35 heavy (non-hydrogen) atoms. The molecule has 0 atom stereocenters. The predicted molar refractivity (Wildman–Crippen MR) is 133 cm³/mol. The number of aromatic nitrogens is 2. The molecule has 1 N–H and O–H groups in total. The van der Waals surface area contributed by atoms with Gasteiger partial charge in [0, 0.05) is 23.4 Å². The standard InChI is InChI=1S/C28H22N4O3/c29-17-23-13-7-8-14-25(23)30-26(33)20-35-27(34)16-15-24-19-32(18-21-9-3-1-4-10-21)31-28(24)22-11-5-2-6-12-22/h1-16,19H,18,20H2,(H,30,33)/b16-15+. The van der Waals surface area contributed by atoms with Crippen LogP contribution in [0.1, 0.15) is 16.7 Å². The minimum atomic E-state index is -0.663. The van der Waals surface area contributed by atoms with Crippen molar-refractivity contribution in [2.45, 2.75) is 6.54 Å². The van der Waals surface area contributed by atoms with Gasteiger partial charge < -0.3 is 10.1 Å². The molecule has 0 saturated carbocycles. The van der Waals surface area contributed by atoms with Crippen LogP contribution in [0.25, 0.3) is 17.3 Å². The van der Waals surface area contributed by atoms with Crippen LogP contribution < -0.4 is 5.32 Å². The van der Waals surface area contributed by atoms with Crippen LogP contribution in [-0.4, -0.2) is 28.3 Å². The van der Waals surface area contributed by atoms with Gasteiger partial charge >= 0.3 is 5.97 Å². The smallest absolute Gasteiger partial charge is 0.331 e. The third-order valence-corrected chi connectivity index (χ3v) is 5.09. The molecule has 0 aliphatic heterocycles. The molecule has 4 rings (SSSR count). The van der Waals surface area contributed by atoms with Crippen LogP contribution in [0.2, 0.25) is 0 Å². The van der Waals surface area contributed by atoms with E-state index in [2.05, 4.69) is 5.32 Å². The van der Waals surface area contributed by atoms with Crippen LogP contribution in [0.15, 0.2) is 97.2 Å². The molecule has 4 aromatic rings. The Balaban J connectivity index is 1.43. The number of para-hydroxylation sites is 1. The third-order valence-electron chi connectivity index (χ3n) is 5.09. The Kier molecular flexibility index (Phi) is 7.46. The van der Waals surface area contributed by atoms with Crippen molar-refractivity contribution >= 4 is 23.6 Å². The van der Waals surface area contributed by atoms with E-state index in [1.807, 2.05) is 77.6 Å². The lowest BCUT2D eigenvalue weighted by Gasteiger charge is -2.06. The van der Waals surface area contributed by atoms with Crippen LogP contribution in [0.5, 0.6) is 0 Å². The molecule has 0 spiro atoms. The van der Waals surface area contributed by atoms with Gasteiger partial charge in [-0.2, -0.15) is 10.4 Å². The highest BCUT2D eigenvalue weighted by Crippen LogP contribution is 2.23. The highest BCUT2D eigenvalue weighted by atomic mass is 16.5. The van der Waals surface area contributed by atoms with Crippen LogP contribution in [0.4, 0.5) is 5.69 Å². The molecule has 172 valence electrons. The number of nitrogens with one attached hydrogen (secondary N) is 1. The highest BCUT2D eigenvalue weighted by Gasteiger charge is 2.12. The third kappa shape index (κ3) is 6.30. The van der Waals surface area contributed by atoms with E-state index >= 15 is 0 Å². The summed E-state index contributed by atoms with van der Waals surface area (Å²) in [5.41, 5.74) is 4.20.